The lowest BCUT2D eigenvalue weighted by molar-refractivity contribution is 0.122. The Balaban J connectivity index is 1.37. The van der Waals surface area contributed by atoms with E-state index in [0.29, 0.717) is 17.9 Å². The fourth-order valence-electron chi connectivity index (χ4n) is 4.69. The molecule has 1 aliphatic heterocycles. The van der Waals surface area contributed by atoms with Gasteiger partial charge in [-0.05, 0) is 37.8 Å². The highest BCUT2D eigenvalue weighted by molar-refractivity contribution is 5.85. The Kier molecular flexibility index (Phi) is 4.94. The van der Waals surface area contributed by atoms with E-state index in [-0.39, 0.29) is 0 Å². The van der Waals surface area contributed by atoms with Gasteiger partial charge >= 0.3 is 0 Å². The van der Waals surface area contributed by atoms with Crippen LogP contribution < -0.4 is 10.2 Å². The number of ether oxygens (including phenoxy) is 1. The van der Waals surface area contributed by atoms with Crippen LogP contribution in [0, 0.1) is 0 Å². The number of anilines is 2. The molecule has 2 aliphatic carbocycles. The maximum absolute atomic E-state index is 5.45. The number of morpholine rings is 1. The monoisotopic (exact) mass is 419 g/mol. The first-order valence-electron chi connectivity index (χ1n) is 11.7. The van der Waals surface area contributed by atoms with E-state index < -0.39 is 0 Å². The number of hydrogen-bond donors (Lipinski definition) is 1. The highest BCUT2D eigenvalue weighted by Crippen LogP contribution is 2.34. The third kappa shape index (κ3) is 3.84. The number of imidazole rings is 1. The van der Waals surface area contributed by atoms with Crippen molar-refractivity contribution >= 4 is 22.8 Å². The van der Waals surface area contributed by atoms with Gasteiger partial charge in [0, 0.05) is 36.9 Å². The van der Waals surface area contributed by atoms with Gasteiger partial charge < -0.3 is 19.5 Å². The highest BCUT2D eigenvalue weighted by atomic mass is 16.5. The first kappa shape index (κ1) is 19.0. The number of fused-ring (bicyclic) bond motifs is 1. The lowest BCUT2D eigenvalue weighted by Gasteiger charge is -2.27. The van der Waals surface area contributed by atoms with Gasteiger partial charge in [0.2, 0.25) is 0 Å². The summed E-state index contributed by atoms with van der Waals surface area (Å²) < 4.78 is 7.74. The van der Waals surface area contributed by atoms with Crippen LogP contribution in [0.5, 0.6) is 0 Å². The van der Waals surface area contributed by atoms with Crippen molar-refractivity contribution in [3.8, 4) is 11.4 Å². The van der Waals surface area contributed by atoms with Crippen molar-refractivity contribution in [1.29, 1.82) is 0 Å². The fraction of sp³-hybridized carbons (Fsp3) is 0.565. The van der Waals surface area contributed by atoms with Gasteiger partial charge in [-0.1, -0.05) is 19.3 Å². The normalized spacial score (nSPS) is 20.3. The lowest BCUT2D eigenvalue weighted by atomic mass is 9.95. The van der Waals surface area contributed by atoms with E-state index in [4.69, 9.17) is 24.7 Å². The molecule has 0 bridgehead atoms. The third-order valence-corrected chi connectivity index (χ3v) is 6.65. The maximum Gasteiger partial charge on any atom is 0.166 e. The number of rotatable bonds is 5. The van der Waals surface area contributed by atoms with Crippen LogP contribution in [0.25, 0.3) is 22.6 Å². The smallest absolute Gasteiger partial charge is 0.166 e. The number of nitrogens with zero attached hydrogens (tertiary/aromatic N) is 6. The zero-order valence-electron chi connectivity index (χ0n) is 17.8. The second kappa shape index (κ2) is 8.07. The van der Waals surface area contributed by atoms with E-state index in [1.165, 1.54) is 44.9 Å². The molecule has 1 N–H and O–H groups in total. The van der Waals surface area contributed by atoms with E-state index in [1.807, 2.05) is 12.5 Å². The molecule has 8 nitrogen and oxygen atoms in total. The van der Waals surface area contributed by atoms with Crippen LogP contribution >= 0.6 is 0 Å². The van der Waals surface area contributed by atoms with Gasteiger partial charge in [-0.3, -0.25) is 0 Å². The lowest BCUT2D eigenvalue weighted by Crippen LogP contribution is -2.36. The second-order valence-corrected chi connectivity index (χ2v) is 8.93. The molecule has 31 heavy (non-hydrogen) atoms. The van der Waals surface area contributed by atoms with Crippen molar-refractivity contribution in [2.24, 2.45) is 0 Å². The minimum absolute atomic E-state index is 0.483. The predicted molar refractivity (Wildman–Crippen MR) is 120 cm³/mol. The predicted octanol–water partition coefficient (Wildman–Crippen LogP) is 3.80. The summed E-state index contributed by atoms with van der Waals surface area (Å²) in [6, 6.07) is 5.15. The standard InChI is InChI=1S/C23H29N7O/c1-2-4-18(5-3-1)30-15-25-20-22(26-17-7-8-17)27-21(28-23(20)30)16-6-9-19(24-14-16)29-10-12-31-13-11-29/h6,9,14-15,17-18H,1-5,7-8,10-13H2,(H,26,27,28). The minimum atomic E-state index is 0.483. The number of hydrogen-bond acceptors (Lipinski definition) is 7. The minimum Gasteiger partial charge on any atom is -0.378 e. The molecule has 0 atom stereocenters. The van der Waals surface area contributed by atoms with Crippen LogP contribution in [-0.4, -0.2) is 56.8 Å². The summed E-state index contributed by atoms with van der Waals surface area (Å²) in [6.07, 6.45) is 12.5. The third-order valence-electron chi connectivity index (χ3n) is 6.65. The molecular formula is C23H29N7O. The molecule has 0 aromatic carbocycles. The van der Waals surface area contributed by atoms with Gasteiger partial charge in [0.05, 0.1) is 19.5 Å². The molecule has 3 fully saturated rings. The molecule has 4 heterocycles. The SMILES string of the molecule is c1cc(N2CCOCC2)ncc1-c1nc(NC2CC2)c2ncn(C3CCCCC3)c2n1. The average molecular weight is 420 g/mol. The second-order valence-electron chi connectivity index (χ2n) is 8.93. The summed E-state index contributed by atoms with van der Waals surface area (Å²) in [5.41, 5.74) is 2.77. The van der Waals surface area contributed by atoms with E-state index in [1.54, 1.807) is 0 Å². The van der Waals surface area contributed by atoms with Crippen molar-refractivity contribution in [1.82, 2.24) is 24.5 Å². The van der Waals surface area contributed by atoms with E-state index >= 15 is 0 Å². The summed E-state index contributed by atoms with van der Waals surface area (Å²) in [6.45, 7) is 3.27. The fourth-order valence-corrected chi connectivity index (χ4v) is 4.69. The van der Waals surface area contributed by atoms with Crippen LogP contribution in [0.4, 0.5) is 11.6 Å². The van der Waals surface area contributed by atoms with E-state index in [2.05, 4.69) is 26.9 Å². The molecular weight excluding hydrogens is 390 g/mol. The number of aromatic nitrogens is 5. The van der Waals surface area contributed by atoms with Gasteiger partial charge in [0.25, 0.3) is 0 Å². The van der Waals surface area contributed by atoms with Crippen molar-refractivity contribution in [3.63, 3.8) is 0 Å². The van der Waals surface area contributed by atoms with Crippen molar-refractivity contribution in [2.75, 3.05) is 36.5 Å². The Labute approximate surface area is 182 Å². The molecule has 3 aromatic rings. The Bertz CT molecular complexity index is 1050. The van der Waals surface area contributed by atoms with Crippen LogP contribution in [-0.2, 0) is 4.74 Å². The van der Waals surface area contributed by atoms with Crippen LogP contribution in [0.1, 0.15) is 51.0 Å². The molecule has 8 heteroatoms. The van der Waals surface area contributed by atoms with E-state index in [0.717, 1.165) is 54.7 Å². The topological polar surface area (TPSA) is 81.0 Å². The van der Waals surface area contributed by atoms with Crippen molar-refractivity contribution < 1.29 is 4.74 Å². The van der Waals surface area contributed by atoms with Crippen LogP contribution in [0.2, 0.25) is 0 Å². The Morgan fingerprint density at radius 2 is 1.77 bits per heavy atom. The van der Waals surface area contributed by atoms with Gasteiger partial charge in [-0.2, -0.15) is 0 Å². The summed E-state index contributed by atoms with van der Waals surface area (Å²) in [5, 5.41) is 3.58. The summed E-state index contributed by atoms with van der Waals surface area (Å²) >= 11 is 0. The Morgan fingerprint density at radius 1 is 0.935 bits per heavy atom. The quantitative estimate of drug-likeness (QED) is 0.673. The molecule has 0 spiro atoms. The Morgan fingerprint density at radius 3 is 2.52 bits per heavy atom. The molecule has 0 radical (unpaired) electrons. The maximum atomic E-state index is 5.45. The highest BCUT2D eigenvalue weighted by Gasteiger charge is 2.26. The molecule has 3 aliphatic rings. The first-order chi connectivity index (χ1) is 15.3. The van der Waals surface area contributed by atoms with Gasteiger partial charge in [0.15, 0.2) is 17.3 Å². The van der Waals surface area contributed by atoms with Crippen molar-refractivity contribution in [3.05, 3.63) is 24.7 Å². The molecule has 1 saturated heterocycles. The largest absolute Gasteiger partial charge is 0.378 e. The van der Waals surface area contributed by atoms with Crippen molar-refractivity contribution in [2.45, 2.75) is 57.0 Å². The van der Waals surface area contributed by atoms with Gasteiger partial charge in [-0.15, -0.1) is 0 Å². The van der Waals surface area contributed by atoms with Crippen LogP contribution in [0.15, 0.2) is 24.7 Å². The zero-order chi connectivity index (χ0) is 20.6. The molecule has 0 amide bonds. The molecule has 3 aromatic heterocycles. The molecule has 6 rings (SSSR count). The Hall–Kier alpha value is -2.74. The van der Waals surface area contributed by atoms with Gasteiger partial charge in [0.1, 0.15) is 11.3 Å². The molecule has 2 saturated carbocycles. The molecule has 162 valence electrons. The summed E-state index contributed by atoms with van der Waals surface area (Å²) in [4.78, 5) is 21.6. The summed E-state index contributed by atoms with van der Waals surface area (Å²) in [7, 11) is 0. The number of pyridine rings is 1. The van der Waals surface area contributed by atoms with Gasteiger partial charge in [-0.25, -0.2) is 19.9 Å². The number of nitrogens with one attached hydrogen (secondary N) is 1. The average Bonchev–Trinajstić information content (AvgIpc) is 3.55. The van der Waals surface area contributed by atoms with E-state index in [9.17, 15) is 0 Å². The zero-order valence-corrected chi connectivity index (χ0v) is 17.8. The van der Waals surface area contributed by atoms with Crippen LogP contribution in [0.3, 0.4) is 0 Å². The summed E-state index contributed by atoms with van der Waals surface area (Å²) in [5.74, 6) is 2.56. The first-order valence-corrected chi connectivity index (χ1v) is 11.7. The molecule has 0 unspecified atom stereocenters.